The predicted octanol–water partition coefficient (Wildman–Crippen LogP) is 1.92. The first-order chi connectivity index (χ1) is 11.0. The number of halogens is 1. The van der Waals surface area contributed by atoms with Gasteiger partial charge in [-0.2, -0.15) is 0 Å². The topological polar surface area (TPSA) is 96.6 Å². The Balaban J connectivity index is 0.00000288. The smallest absolute Gasteiger partial charge is 0.240 e. The van der Waals surface area contributed by atoms with Crippen molar-refractivity contribution < 1.29 is 8.42 Å². The van der Waals surface area contributed by atoms with E-state index in [-0.39, 0.29) is 28.9 Å². The van der Waals surface area contributed by atoms with E-state index in [1.807, 2.05) is 11.4 Å². The summed E-state index contributed by atoms with van der Waals surface area (Å²) < 4.78 is 25.5. The molecule has 9 heteroatoms. The molecule has 24 heavy (non-hydrogen) atoms. The van der Waals surface area contributed by atoms with E-state index in [9.17, 15) is 8.42 Å². The van der Waals surface area contributed by atoms with Gasteiger partial charge in [0.2, 0.25) is 10.0 Å². The van der Waals surface area contributed by atoms with Gasteiger partial charge in [-0.1, -0.05) is 18.2 Å². The van der Waals surface area contributed by atoms with Gasteiger partial charge < -0.3 is 11.1 Å². The lowest BCUT2D eigenvalue weighted by Crippen LogP contribution is -2.33. The van der Waals surface area contributed by atoms with Gasteiger partial charge in [-0.25, -0.2) is 18.1 Å². The highest BCUT2D eigenvalue weighted by atomic mass is 127. The summed E-state index contributed by atoms with van der Waals surface area (Å²) in [6, 6.07) is 10.7. The zero-order chi connectivity index (χ0) is 16.7. The van der Waals surface area contributed by atoms with Gasteiger partial charge in [0.15, 0.2) is 5.96 Å². The molecule has 0 saturated carbocycles. The Morgan fingerprint density at radius 3 is 2.54 bits per heavy atom. The lowest BCUT2D eigenvalue weighted by Gasteiger charge is -2.06. The first-order valence-electron chi connectivity index (χ1n) is 7.10. The van der Waals surface area contributed by atoms with Crippen molar-refractivity contribution in [3.8, 4) is 0 Å². The summed E-state index contributed by atoms with van der Waals surface area (Å²) >= 11 is 1.71. The Labute approximate surface area is 163 Å². The van der Waals surface area contributed by atoms with Crippen LogP contribution in [0.4, 0.5) is 0 Å². The molecule has 132 valence electrons. The van der Waals surface area contributed by atoms with Gasteiger partial charge in [-0.05, 0) is 42.6 Å². The van der Waals surface area contributed by atoms with E-state index in [2.05, 4.69) is 21.1 Å². The molecule has 1 aromatic carbocycles. The fourth-order valence-electron chi connectivity index (χ4n) is 1.89. The van der Waals surface area contributed by atoms with Gasteiger partial charge in [-0.3, -0.25) is 0 Å². The highest BCUT2D eigenvalue weighted by molar-refractivity contribution is 14.0. The van der Waals surface area contributed by atoms with Crippen LogP contribution in [0.15, 0.2) is 51.7 Å². The molecule has 1 heterocycles. The lowest BCUT2D eigenvalue weighted by atomic mass is 10.2. The molecule has 0 saturated heterocycles. The minimum Gasteiger partial charge on any atom is -0.370 e. The van der Waals surface area contributed by atoms with Crippen LogP contribution in [-0.4, -0.2) is 28.0 Å². The van der Waals surface area contributed by atoms with Crippen LogP contribution in [-0.2, 0) is 23.0 Å². The molecule has 0 amide bonds. The summed E-state index contributed by atoms with van der Waals surface area (Å²) in [5.41, 5.74) is 6.71. The molecule has 1 aromatic heterocycles. The van der Waals surface area contributed by atoms with E-state index in [0.717, 1.165) is 18.5 Å². The minimum absolute atomic E-state index is 0. The van der Waals surface area contributed by atoms with Crippen LogP contribution in [0.3, 0.4) is 0 Å². The van der Waals surface area contributed by atoms with E-state index in [4.69, 9.17) is 5.73 Å². The van der Waals surface area contributed by atoms with Crippen LogP contribution in [0.5, 0.6) is 0 Å². The van der Waals surface area contributed by atoms with Crippen LogP contribution >= 0.6 is 35.3 Å². The minimum atomic E-state index is -3.40. The third-order valence-electron chi connectivity index (χ3n) is 3.19. The van der Waals surface area contributed by atoms with Gasteiger partial charge in [0.1, 0.15) is 0 Å². The van der Waals surface area contributed by atoms with Crippen LogP contribution in [0.2, 0.25) is 0 Å². The second kappa shape index (κ2) is 9.97. The summed E-state index contributed by atoms with van der Waals surface area (Å²) in [5, 5.41) is 5.11. The van der Waals surface area contributed by atoms with E-state index < -0.39 is 10.0 Å². The van der Waals surface area contributed by atoms with E-state index in [0.29, 0.717) is 12.5 Å². The number of benzene rings is 1. The monoisotopic (exact) mass is 480 g/mol. The summed E-state index contributed by atoms with van der Waals surface area (Å²) in [5.74, 6) is 0.383. The molecule has 0 fully saturated rings. The standard InChI is InChI=1S/C15H20N4O2S2.HI/c1-17-23(20,21)14-6-4-12(5-7-14)11-19-15(16)18-9-8-13-3-2-10-22-13;/h2-7,10,17H,8-9,11H2,1H3,(H3,16,18,19);1H. The Morgan fingerprint density at radius 2 is 1.96 bits per heavy atom. The molecule has 4 N–H and O–H groups in total. The molecular weight excluding hydrogens is 459 g/mol. The van der Waals surface area contributed by atoms with Crippen molar-refractivity contribution in [1.29, 1.82) is 0 Å². The number of hydrogen-bond acceptors (Lipinski definition) is 4. The number of nitrogens with zero attached hydrogens (tertiary/aromatic N) is 1. The third kappa shape index (κ3) is 6.38. The van der Waals surface area contributed by atoms with Crippen molar-refractivity contribution in [2.45, 2.75) is 17.9 Å². The van der Waals surface area contributed by atoms with Gasteiger partial charge in [0, 0.05) is 11.4 Å². The summed E-state index contributed by atoms with van der Waals surface area (Å²) in [6.45, 7) is 1.13. The molecule has 0 aliphatic heterocycles. The summed E-state index contributed by atoms with van der Waals surface area (Å²) in [4.78, 5) is 5.78. The average molecular weight is 480 g/mol. The maximum atomic E-state index is 11.6. The maximum absolute atomic E-state index is 11.6. The normalized spacial score (nSPS) is 11.8. The average Bonchev–Trinajstić information content (AvgIpc) is 3.07. The third-order valence-corrected chi connectivity index (χ3v) is 5.56. The highest BCUT2D eigenvalue weighted by Gasteiger charge is 2.10. The second-order valence-electron chi connectivity index (χ2n) is 4.81. The maximum Gasteiger partial charge on any atom is 0.240 e. The Bertz CT molecular complexity index is 744. The quantitative estimate of drug-likeness (QED) is 0.321. The van der Waals surface area contributed by atoms with Gasteiger partial charge in [0.25, 0.3) is 0 Å². The van der Waals surface area contributed by atoms with Crippen molar-refractivity contribution in [1.82, 2.24) is 10.0 Å². The van der Waals surface area contributed by atoms with Crippen molar-refractivity contribution in [3.05, 3.63) is 52.2 Å². The molecule has 2 rings (SSSR count). The first-order valence-corrected chi connectivity index (χ1v) is 9.46. The highest BCUT2D eigenvalue weighted by Crippen LogP contribution is 2.11. The Morgan fingerprint density at radius 1 is 1.25 bits per heavy atom. The van der Waals surface area contributed by atoms with E-state index in [1.165, 1.54) is 11.9 Å². The van der Waals surface area contributed by atoms with Crippen molar-refractivity contribution in [2.75, 3.05) is 13.6 Å². The first kappa shape index (κ1) is 20.9. The summed E-state index contributed by atoms with van der Waals surface area (Å²) in [6.07, 6.45) is 0.907. The molecule has 0 atom stereocenters. The van der Waals surface area contributed by atoms with Gasteiger partial charge in [0.05, 0.1) is 11.4 Å². The number of aliphatic imine (C=N–C) groups is 1. The molecule has 0 aliphatic carbocycles. The van der Waals surface area contributed by atoms with E-state index >= 15 is 0 Å². The predicted molar refractivity (Wildman–Crippen MR) is 109 cm³/mol. The summed E-state index contributed by atoms with van der Waals surface area (Å²) in [7, 11) is -2.02. The van der Waals surface area contributed by atoms with Crippen molar-refractivity contribution in [2.24, 2.45) is 10.7 Å². The molecule has 0 bridgehead atoms. The molecule has 0 unspecified atom stereocenters. The van der Waals surface area contributed by atoms with Crippen LogP contribution in [0, 0.1) is 0 Å². The Hall–Kier alpha value is -1.17. The molecule has 2 aromatic rings. The number of nitrogens with two attached hydrogens (primary N) is 1. The molecule has 0 aliphatic rings. The lowest BCUT2D eigenvalue weighted by molar-refractivity contribution is 0.588. The zero-order valence-electron chi connectivity index (χ0n) is 13.2. The van der Waals surface area contributed by atoms with Crippen LogP contribution < -0.4 is 15.8 Å². The van der Waals surface area contributed by atoms with Gasteiger partial charge in [-0.15, -0.1) is 35.3 Å². The van der Waals surface area contributed by atoms with Crippen LogP contribution in [0.25, 0.3) is 0 Å². The fourth-order valence-corrected chi connectivity index (χ4v) is 3.33. The second-order valence-corrected chi connectivity index (χ2v) is 7.73. The zero-order valence-corrected chi connectivity index (χ0v) is 17.2. The molecular formula is C15H21IN4O2S2. The van der Waals surface area contributed by atoms with Gasteiger partial charge >= 0.3 is 0 Å². The molecule has 0 spiro atoms. The van der Waals surface area contributed by atoms with E-state index in [1.54, 1.807) is 35.6 Å². The number of rotatable bonds is 7. The number of hydrogen-bond donors (Lipinski definition) is 3. The molecule has 6 nitrogen and oxygen atoms in total. The van der Waals surface area contributed by atoms with Crippen molar-refractivity contribution >= 4 is 51.3 Å². The number of thiophene rings is 1. The van der Waals surface area contributed by atoms with Crippen molar-refractivity contribution in [3.63, 3.8) is 0 Å². The fraction of sp³-hybridized carbons (Fsp3) is 0.267. The number of sulfonamides is 1. The Kier molecular flexibility index (Phi) is 8.67. The molecule has 0 radical (unpaired) electrons. The van der Waals surface area contributed by atoms with Crippen LogP contribution in [0.1, 0.15) is 10.4 Å². The SMILES string of the molecule is CNS(=O)(=O)c1ccc(CN=C(N)NCCc2cccs2)cc1.I. The number of nitrogens with one attached hydrogen (secondary N) is 2. The number of guanidine groups is 1. The largest absolute Gasteiger partial charge is 0.370 e.